The first kappa shape index (κ1) is 25.6. The lowest BCUT2D eigenvalue weighted by Crippen LogP contribution is -2.31. The maximum absolute atomic E-state index is 13.2. The van der Waals surface area contributed by atoms with E-state index in [0.717, 1.165) is 22.6 Å². The minimum Gasteiger partial charge on any atom is -0.497 e. The van der Waals surface area contributed by atoms with E-state index in [4.69, 9.17) is 4.74 Å². The minimum atomic E-state index is -3.71. The van der Waals surface area contributed by atoms with Gasteiger partial charge in [-0.05, 0) is 85.8 Å². The largest absolute Gasteiger partial charge is 0.497 e. The smallest absolute Gasteiger partial charge is 0.264 e. The number of carbonyl (C=O) groups excluding carboxylic acids is 1. The number of hydrogen-bond acceptors (Lipinski definition) is 5. The molecule has 0 spiro atoms. The molecule has 6 nitrogen and oxygen atoms in total. The lowest BCUT2D eigenvalue weighted by Gasteiger charge is -2.23. The number of hydrogen-bond donors (Lipinski definition) is 1. The molecule has 0 aliphatic rings. The van der Waals surface area contributed by atoms with Crippen LogP contribution in [-0.4, -0.2) is 34.2 Å². The molecule has 8 heteroatoms. The first-order chi connectivity index (χ1) is 16.3. The molecule has 0 bridgehead atoms. The topological polar surface area (TPSA) is 75.7 Å². The van der Waals surface area contributed by atoms with Crippen LogP contribution in [0.25, 0.3) is 0 Å². The highest BCUT2D eigenvalue weighted by molar-refractivity contribution is 7.98. The normalized spacial score (nSPS) is 12.1. The third-order valence-electron chi connectivity index (χ3n) is 5.58. The molecular weight excluding hydrogens is 468 g/mol. The van der Waals surface area contributed by atoms with Gasteiger partial charge in [-0.1, -0.05) is 19.1 Å². The second kappa shape index (κ2) is 11.4. The lowest BCUT2D eigenvalue weighted by atomic mass is 10.0. The van der Waals surface area contributed by atoms with Gasteiger partial charge in [0.1, 0.15) is 5.75 Å². The van der Waals surface area contributed by atoms with Gasteiger partial charge in [0.2, 0.25) is 0 Å². The van der Waals surface area contributed by atoms with Crippen molar-refractivity contribution in [3.63, 3.8) is 0 Å². The number of thioether (sulfide) groups is 1. The third-order valence-corrected chi connectivity index (χ3v) is 8.24. The van der Waals surface area contributed by atoms with Crippen LogP contribution in [0.15, 0.2) is 82.6 Å². The Hall–Kier alpha value is -2.97. The average Bonchev–Trinajstić information content (AvgIpc) is 2.88. The van der Waals surface area contributed by atoms with Crippen LogP contribution in [0.2, 0.25) is 0 Å². The molecule has 1 amide bonds. The number of anilines is 1. The molecule has 0 radical (unpaired) electrons. The molecule has 0 aliphatic carbocycles. The lowest BCUT2D eigenvalue weighted by molar-refractivity contribution is 0.0935. The highest BCUT2D eigenvalue weighted by Gasteiger charge is 2.24. The highest BCUT2D eigenvalue weighted by atomic mass is 32.2. The maximum atomic E-state index is 13.2. The van der Waals surface area contributed by atoms with Crippen molar-refractivity contribution in [2.24, 2.45) is 0 Å². The molecule has 0 saturated heterocycles. The van der Waals surface area contributed by atoms with E-state index in [1.165, 1.54) is 4.31 Å². The van der Waals surface area contributed by atoms with Crippen molar-refractivity contribution in [2.45, 2.75) is 36.1 Å². The van der Waals surface area contributed by atoms with Gasteiger partial charge in [-0.2, -0.15) is 0 Å². The van der Waals surface area contributed by atoms with Crippen LogP contribution in [0.3, 0.4) is 0 Å². The Kier molecular flexibility index (Phi) is 8.63. The molecule has 34 heavy (non-hydrogen) atoms. The third kappa shape index (κ3) is 5.74. The molecular formula is C26H30N2O4S2. The molecule has 3 aromatic rings. The van der Waals surface area contributed by atoms with Crippen molar-refractivity contribution >= 4 is 33.4 Å². The average molecular weight is 499 g/mol. The van der Waals surface area contributed by atoms with Gasteiger partial charge in [-0.3, -0.25) is 9.10 Å². The second-order valence-corrected chi connectivity index (χ2v) is 10.3. The van der Waals surface area contributed by atoms with Crippen LogP contribution >= 0.6 is 11.8 Å². The Morgan fingerprint density at radius 2 is 1.59 bits per heavy atom. The van der Waals surface area contributed by atoms with Crippen LogP contribution in [0.5, 0.6) is 5.75 Å². The molecule has 0 heterocycles. The van der Waals surface area contributed by atoms with Crippen LogP contribution < -0.4 is 14.4 Å². The fourth-order valence-electron chi connectivity index (χ4n) is 3.64. The fraction of sp³-hybridized carbons (Fsp3) is 0.269. The maximum Gasteiger partial charge on any atom is 0.264 e. The quantitative estimate of drug-likeness (QED) is 0.373. The summed E-state index contributed by atoms with van der Waals surface area (Å²) in [6.45, 7) is 4.07. The van der Waals surface area contributed by atoms with Gasteiger partial charge >= 0.3 is 0 Å². The Morgan fingerprint density at radius 1 is 0.971 bits per heavy atom. The molecule has 180 valence electrons. The summed E-state index contributed by atoms with van der Waals surface area (Å²) in [5.74, 6) is 0.545. The molecule has 1 atom stereocenters. The Labute approximate surface area is 206 Å². The van der Waals surface area contributed by atoms with E-state index in [1.807, 2.05) is 37.4 Å². The SMILES string of the molecule is CC[C@H](NC(=O)c1ccc(N(CC)S(=O)(=O)c2ccc(SC)cc2)cc1)c1ccc(OC)cc1. The van der Waals surface area contributed by atoms with E-state index in [-0.39, 0.29) is 23.4 Å². The summed E-state index contributed by atoms with van der Waals surface area (Å²) in [6.07, 6.45) is 2.67. The highest BCUT2D eigenvalue weighted by Crippen LogP contribution is 2.26. The summed E-state index contributed by atoms with van der Waals surface area (Å²) in [5, 5.41) is 3.05. The van der Waals surface area contributed by atoms with Crippen molar-refractivity contribution in [3.05, 3.63) is 83.9 Å². The van der Waals surface area contributed by atoms with Crippen molar-refractivity contribution in [1.82, 2.24) is 5.32 Å². The molecule has 0 fully saturated rings. The van der Waals surface area contributed by atoms with Gasteiger partial charge < -0.3 is 10.1 Å². The van der Waals surface area contributed by atoms with E-state index in [2.05, 4.69) is 5.32 Å². The summed E-state index contributed by atoms with van der Waals surface area (Å²) >= 11 is 1.56. The van der Waals surface area contributed by atoms with Crippen molar-refractivity contribution < 1.29 is 17.9 Å². The number of nitrogens with one attached hydrogen (secondary N) is 1. The zero-order valence-corrected chi connectivity index (χ0v) is 21.4. The Balaban J connectivity index is 1.77. The molecule has 0 aromatic heterocycles. The number of rotatable bonds is 10. The standard InChI is InChI=1S/C26H30N2O4S2/c1-5-25(19-9-13-22(32-3)14-10-19)27-26(29)20-7-11-21(12-8-20)28(6-2)34(30,31)24-17-15-23(33-4)16-18-24/h7-18,25H,5-6H2,1-4H3,(H,27,29)/t25-/m0/s1. The summed E-state index contributed by atoms with van der Waals surface area (Å²) < 4.78 is 32.9. The molecule has 3 aromatic carbocycles. The van der Waals surface area contributed by atoms with Crippen LogP contribution in [0, 0.1) is 0 Å². The van der Waals surface area contributed by atoms with Crippen LogP contribution in [0.1, 0.15) is 42.2 Å². The number of nitrogens with zero attached hydrogens (tertiary/aromatic N) is 1. The van der Waals surface area contributed by atoms with Gasteiger partial charge in [0.25, 0.3) is 15.9 Å². The molecule has 0 aliphatic heterocycles. The molecule has 1 N–H and O–H groups in total. The number of ether oxygens (including phenoxy) is 1. The van der Waals surface area contributed by atoms with E-state index >= 15 is 0 Å². The number of amides is 1. The van der Waals surface area contributed by atoms with Gasteiger partial charge in [-0.25, -0.2) is 8.42 Å². The molecule has 0 unspecified atom stereocenters. The number of methoxy groups -OCH3 is 1. The van der Waals surface area contributed by atoms with Crippen LogP contribution in [-0.2, 0) is 10.0 Å². The predicted octanol–water partition coefficient (Wildman–Crippen LogP) is 5.51. The Morgan fingerprint density at radius 3 is 2.09 bits per heavy atom. The summed E-state index contributed by atoms with van der Waals surface area (Å²) in [6, 6.07) is 20.9. The van der Waals surface area contributed by atoms with E-state index < -0.39 is 10.0 Å². The minimum absolute atomic E-state index is 0.144. The number of benzene rings is 3. The first-order valence-electron chi connectivity index (χ1n) is 11.1. The van der Waals surface area contributed by atoms with Crippen molar-refractivity contribution in [2.75, 3.05) is 24.2 Å². The predicted molar refractivity (Wildman–Crippen MR) is 138 cm³/mol. The van der Waals surface area contributed by atoms with Gasteiger partial charge in [0, 0.05) is 17.0 Å². The van der Waals surface area contributed by atoms with Crippen molar-refractivity contribution in [3.8, 4) is 5.75 Å². The van der Waals surface area contributed by atoms with E-state index in [0.29, 0.717) is 11.3 Å². The Bertz CT molecular complexity index is 1190. The summed E-state index contributed by atoms with van der Waals surface area (Å²) in [4.78, 5) is 14.1. The summed E-state index contributed by atoms with van der Waals surface area (Å²) in [7, 11) is -2.10. The fourth-order valence-corrected chi connectivity index (χ4v) is 5.53. The monoisotopic (exact) mass is 498 g/mol. The second-order valence-electron chi connectivity index (χ2n) is 7.60. The van der Waals surface area contributed by atoms with Crippen LogP contribution in [0.4, 0.5) is 5.69 Å². The number of carbonyl (C=O) groups is 1. The molecule has 0 saturated carbocycles. The number of sulfonamides is 1. The van der Waals surface area contributed by atoms with Gasteiger partial charge in [0.15, 0.2) is 0 Å². The van der Waals surface area contributed by atoms with Gasteiger partial charge in [0.05, 0.1) is 23.7 Å². The molecule has 3 rings (SSSR count). The zero-order chi connectivity index (χ0) is 24.7. The van der Waals surface area contributed by atoms with Crippen molar-refractivity contribution in [1.29, 1.82) is 0 Å². The van der Waals surface area contributed by atoms with E-state index in [1.54, 1.807) is 74.3 Å². The van der Waals surface area contributed by atoms with E-state index in [9.17, 15) is 13.2 Å². The first-order valence-corrected chi connectivity index (χ1v) is 13.7. The van der Waals surface area contributed by atoms with Gasteiger partial charge in [-0.15, -0.1) is 11.8 Å². The summed E-state index contributed by atoms with van der Waals surface area (Å²) in [5.41, 5.74) is 1.97. The zero-order valence-electron chi connectivity index (χ0n) is 19.8.